The summed E-state index contributed by atoms with van der Waals surface area (Å²) in [6, 6.07) is 19.6. The molecule has 2 N–H and O–H groups in total. The summed E-state index contributed by atoms with van der Waals surface area (Å²) in [6.45, 7) is -1.47. The molecule has 15 heteroatoms. The van der Waals surface area contributed by atoms with Gasteiger partial charge in [0.2, 0.25) is 0 Å². The average Bonchev–Trinajstić information content (AvgIpc) is 3.39. The van der Waals surface area contributed by atoms with Gasteiger partial charge in [0.05, 0.1) is 18.9 Å². The third kappa shape index (κ3) is 9.29. The van der Waals surface area contributed by atoms with Crippen LogP contribution in [0.25, 0.3) is 5.69 Å². The highest BCUT2D eigenvalue weighted by Gasteiger charge is 2.31. The fraction of sp³-hybridized carbons (Fsp3) is 0.214. The van der Waals surface area contributed by atoms with Gasteiger partial charge in [-0.2, -0.15) is 13.2 Å². The van der Waals surface area contributed by atoms with E-state index in [1.807, 2.05) is 30.3 Å². The minimum atomic E-state index is -4.83. The van der Waals surface area contributed by atoms with Crippen molar-refractivity contribution < 1.29 is 45.4 Å². The van der Waals surface area contributed by atoms with Crippen LogP contribution in [0.1, 0.15) is 37.7 Å². The molecule has 9 nitrogen and oxygen atoms in total. The molecular formula is C28H23F6N5O4. The van der Waals surface area contributed by atoms with Gasteiger partial charge in [-0.3, -0.25) is 9.59 Å². The van der Waals surface area contributed by atoms with Crippen molar-refractivity contribution in [3.63, 3.8) is 0 Å². The molecule has 0 unspecified atom stereocenters. The number of rotatable bonds is 11. The van der Waals surface area contributed by atoms with Gasteiger partial charge in [0.25, 0.3) is 11.8 Å². The molecule has 3 aromatic carbocycles. The van der Waals surface area contributed by atoms with Gasteiger partial charge in [-0.1, -0.05) is 47.7 Å². The highest BCUT2D eigenvalue weighted by molar-refractivity contribution is 5.94. The van der Waals surface area contributed by atoms with Crippen molar-refractivity contribution in [3.05, 3.63) is 107 Å². The number of carbonyl (C=O) groups excluding carboxylic acids is 2. The molecule has 1 aromatic heterocycles. The molecule has 0 saturated heterocycles. The first-order valence-electron chi connectivity index (χ1n) is 12.5. The van der Waals surface area contributed by atoms with E-state index < -0.39 is 36.6 Å². The lowest BCUT2D eigenvalue weighted by Crippen LogP contribution is -2.33. The number of nitrogens with one attached hydrogen (secondary N) is 2. The van der Waals surface area contributed by atoms with Gasteiger partial charge in [0, 0.05) is 12.1 Å². The maximum Gasteiger partial charge on any atom is 0.573 e. The highest BCUT2D eigenvalue weighted by atomic mass is 19.4. The molecule has 226 valence electrons. The summed E-state index contributed by atoms with van der Waals surface area (Å²) in [6.07, 6.45) is -9.40. The normalized spacial score (nSPS) is 11.7. The SMILES string of the molecule is O=C(NCC(F)(F)F)c1ccc(-n2nnc(C(=O)NCc3ccc(OC(F)(F)F)cc3)c2COCc2ccccc2)cc1. The van der Waals surface area contributed by atoms with Crippen LogP contribution in [0.4, 0.5) is 26.3 Å². The maximum atomic E-state index is 13.1. The van der Waals surface area contributed by atoms with Gasteiger partial charge >= 0.3 is 12.5 Å². The van der Waals surface area contributed by atoms with Crippen molar-refractivity contribution in [1.82, 2.24) is 25.6 Å². The van der Waals surface area contributed by atoms with Crippen LogP contribution < -0.4 is 15.4 Å². The van der Waals surface area contributed by atoms with Crippen molar-refractivity contribution in [2.75, 3.05) is 6.54 Å². The zero-order valence-electron chi connectivity index (χ0n) is 22.1. The summed E-state index contributed by atoms with van der Waals surface area (Å²) >= 11 is 0. The van der Waals surface area contributed by atoms with E-state index in [0.717, 1.165) is 17.7 Å². The largest absolute Gasteiger partial charge is 0.573 e. The Morgan fingerprint density at radius 1 is 0.767 bits per heavy atom. The van der Waals surface area contributed by atoms with E-state index in [1.165, 1.54) is 41.1 Å². The molecule has 0 spiro atoms. The molecule has 0 aliphatic heterocycles. The van der Waals surface area contributed by atoms with Crippen LogP contribution in [0.15, 0.2) is 78.9 Å². The molecule has 0 aliphatic rings. The average molecular weight is 608 g/mol. The Labute approximate surface area is 240 Å². The van der Waals surface area contributed by atoms with Crippen LogP contribution >= 0.6 is 0 Å². The highest BCUT2D eigenvalue weighted by Crippen LogP contribution is 2.23. The molecule has 0 radical (unpaired) electrons. The third-order valence-electron chi connectivity index (χ3n) is 5.76. The fourth-order valence-electron chi connectivity index (χ4n) is 3.77. The first-order valence-corrected chi connectivity index (χ1v) is 12.5. The predicted molar refractivity (Wildman–Crippen MR) is 139 cm³/mol. The second-order valence-corrected chi connectivity index (χ2v) is 8.99. The molecule has 43 heavy (non-hydrogen) atoms. The number of benzene rings is 3. The van der Waals surface area contributed by atoms with Gasteiger partial charge in [-0.25, -0.2) is 4.68 Å². The Bertz CT molecular complexity index is 1520. The van der Waals surface area contributed by atoms with E-state index in [0.29, 0.717) is 11.3 Å². The standard InChI is InChI=1S/C28H23F6N5O4/c29-27(30,31)17-36-25(40)20-8-10-21(11-9-20)39-23(16-42-15-19-4-2-1-3-5-19)24(37-38-39)26(41)35-14-18-6-12-22(13-7-18)43-28(32,33)34/h1-13H,14-17H2,(H,35,41)(H,36,40). The lowest BCUT2D eigenvalue weighted by molar-refractivity contribution is -0.274. The molecule has 1 heterocycles. The molecule has 4 aromatic rings. The monoisotopic (exact) mass is 607 g/mol. The maximum absolute atomic E-state index is 13.1. The molecule has 0 saturated carbocycles. The van der Waals surface area contributed by atoms with Crippen molar-refractivity contribution in [2.45, 2.75) is 32.3 Å². The number of amides is 2. The molecule has 0 atom stereocenters. The van der Waals surface area contributed by atoms with E-state index in [2.05, 4.69) is 20.4 Å². The summed E-state index contributed by atoms with van der Waals surface area (Å²) in [4.78, 5) is 25.1. The van der Waals surface area contributed by atoms with E-state index in [-0.39, 0.29) is 36.7 Å². The van der Waals surface area contributed by atoms with Gasteiger partial charge < -0.3 is 20.1 Å². The summed E-state index contributed by atoms with van der Waals surface area (Å²) in [7, 11) is 0. The lowest BCUT2D eigenvalue weighted by atomic mass is 10.2. The van der Waals surface area contributed by atoms with E-state index >= 15 is 0 Å². The molecule has 0 fully saturated rings. The minimum absolute atomic E-state index is 0.0281. The van der Waals surface area contributed by atoms with Crippen LogP contribution in [0.2, 0.25) is 0 Å². The molecule has 2 amide bonds. The first kappa shape index (κ1) is 31.0. The Kier molecular flexibility index (Phi) is 9.65. The number of carbonyl (C=O) groups is 2. The topological polar surface area (TPSA) is 107 Å². The van der Waals surface area contributed by atoms with E-state index in [4.69, 9.17) is 4.74 Å². The zero-order chi connectivity index (χ0) is 31.0. The molecule has 4 rings (SSSR count). The summed E-state index contributed by atoms with van der Waals surface area (Å²) in [5.41, 5.74) is 1.79. The Morgan fingerprint density at radius 2 is 1.44 bits per heavy atom. The second-order valence-electron chi connectivity index (χ2n) is 8.99. The second kappa shape index (κ2) is 13.4. The predicted octanol–water partition coefficient (Wildman–Crippen LogP) is 5.10. The first-order chi connectivity index (χ1) is 20.4. The molecular weight excluding hydrogens is 584 g/mol. The Morgan fingerprint density at radius 3 is 2.07 bits per heavy atom. The van der Waals surface area contributed by atoms with Gasteiger partial charge in [-0.15, -0.1) is 18.3 Å². The van der Waals surface area contributed by atoms with Crippen molar-refractivity contribution in [2.24, 2.45) is 0 Å². The van der Waals surface area contributed by atoms with Crippen LogP contribution in [0, 0.1) is 0 Å². The Hall–Kier alpha value is -4.92. The number of ether oxygens (including phenoxy) is 2. The number of alkyl halides is 6. The van der Waals surface area contributed by atoms with E-state index in [9.17, 15) is 35.9 Å². The van der Waals surface area contributed by atoms with Crippen LogP contribution in [0.3, 0.4) is 0 Å². The van der Waals surface area contributed by atoms with Crippen LogP contribution in [-0.2, 0) is 24.5 Å². The van der Waals surface area contributed by atoms with Gasteiger partial charge in [0.1, 0.15) is 18.0 Å². The number of hydrogen-bond acceptors (Lipinski definition) is 6. The van der Waals surface area contributed by atoms with Gasteiger partial charge in [0.15, 0.2) is 5.69 Å². The molecule has 0 bridgehead atoms. The lowest BCUT2D eigenvalue weighted by Gasteiger charge is -2.11. The minimum Gasteiger partial charge on any atom is -0.406 e. The molecule has 0 aliphatic carbocycles. The number of aromatic nitrogens is 3. The summed E-state index contributed by atoms with van der Waals surface area (Å²) in [5, 5.41) is 12.4. The summed E-state index contributed by atoms with van der Waals surface area (Å²) < 4.78 is 85.4. The number of nitrogens with zero attached hydrogens (tertiary/aromatic N) is 3. The number of halogens is 6. The fourth-order valence-corrected chi connectivity index (χ4v) is 3.77. The van der Waals surface area contributed by atoms with Crippen molar-refractivity contribution in [3.8, 4) is 11.4 Å². The number of hydrogen-bond donors (Lipinski definition) is 2. The van der Waals surface area contributed by atoms with Gasteiger partial charge in [-0.05, 0) is 47.5 Å². The van der Waals surface area contributed by atoms with Crippen molar-refractivity contribution >= 4 is 11.8 Å². The zero-order valence-corrected chi connectivity index (χ0v) is 22.1. The van der Waals surface area contributed by atoms with Crippen LogP contribution in [0.5, 0.6) is 5.75 Å². The smallest absolute Gasteiger partial charge is 0.406 e. The Balaban J connectivity index is 1.50. The quantitative estimate of drug-likeness (QED) is 0.230. The van der Waals surface area contributed by atoms with E-state index in [1.54, 1.807) is 5.32 Å². The van der Waals surface area contributed by atoms with Crippen LogP contribution in [-0.4, -0.2) is 45.9 Å². The van der Waals surface area contributed by atoms with Crippen molar-refractivity contribution in [1.29, 1.82) is 0 Å². The summed E-state index contributed by atoms with van der Waals surface area (Å²) in [5.74, 6) is -1.98. The third-order valence-corrected chi connectivity index (χ3v) is 5.76.